The molecule has 0 unspecified atom stereocenters. The normalized spacial score (nSPS) is 7.92. The topological polar surface area (TPSA) is 98.6 Å². The van der Waals surface area contributed by atoms with E-state index in [1.54, 1.807) is 24.3 Å². The van der Waals surface area contributed by atoms with E-state index >= 15 is 0 Å². The van der Waals surface area contributed by atoms with Crippen LogP contribution in [0.3, 0.4) is 0 Å². The van der Waals surface area contributed by atoms with E-state index in [0.29, 0.717) is 5.56 Å². The highest BCUT2D eigenvalue weighted by molar-refractivity contribution is 5.88. The summed E-state index contributed by atoms with van der Waals surface area (Å²) in [6, 6.07) is 8.57. The van der Waals surface area contributed by atoms with Crippen molar-refractivity contribution in [2.45, 2.75) is 0 Å². The summed E-state index contributed by atoms with van der Waals surface area (Å²) in [5.41, 5.74) is 0.463. The van der Waals surface area contributed by atoms with Crippen molar-refractivity contribution >= 4 is 5.97 Å². The SMILES string of the molecule is NO.NOC(=O)c1ccccc1. The Morgan fingerprint density at radius 3 is 2.17 bits per heavy atom. The minimum atomic E-state index is -0.513. The average molecular weight is 170 g/mol. The van der Waals surface area contributed by atoms with Crippen LogP contribution in [0.5, 0.6) is 0 Å². The molecule has 0 aromatic heterocycles. The lowest BCUT2D eigenvalue weighted by Crippen LogP contribution is -2.09. The molecule has 0 amide bonds. The van der Waals surface area contributed by atoms with Gasteiger partial charge in [0, 0.05) is 0 Å². The van der Waals surface area contributed by atoms with Crippen LogP contribution in [0.15, 0.2) is 30.3 Å². The van der Waals surface area contributed by atoms with Gasteiger partial charge in [-0.1, -0.05) is 18.2 Å². The van der Waals surface area contributed by atoms with Crippen molar-refractivity contribution in [3.63, 3.8) is 0 Å². The van der Waals surface area contributed by atoms with E-state index in [9.17, 15) is 4.79 Å². The molecule has 0 saturated carbocycles. The van der Waals surface area contributed by atoms with E-state index in [1.165, 1.54) is 0 Å². The summed E-state index contributed by atoms with van der Waals surface area (Å²) in [4.78, 5) is 14.7. The first-order valence-electron chi connectivity index (χ1n) is 3.06. The van der Waals surface area contributed by atoms with Gasteiger partial charge in [0.2, 0.25) is 0 Å². The van der Waals surface area contributed by atoms with Crippen molar-refractivity contribution in [2.75, 3.05) is 0 Å². The Labute approximate surface area is 69.5 Å². The zero-order valence-electron chi connectivity index (χ0n) is 6.31. The van der Waals surface area contributed by atoms with Gasteiger partial charge < -0.3 is 10.0 Å². The second-order valence-electron chi connectivity index (χ2n) is 1.77. The Morgan fingerprint density at radius 1 is 1.25 bits per heavy atom. The van der Waals surface area contributed by atoms with Crippen LogP contribution in [-0.4, -0.2) is 11.2 Å². The van der Waals surface area contributed by atoms with Crippen molar-refractivity contribution in [3.05, 3.63) is 35.9 Å². The van der Waals surface area contributed by atoms with Crippen molar-refractivity contribution in [3.8, 4) is 0 Å². The molecule has 1 rings (SSSR count). The summed E-state index contributed by atoms with van der Waals surface area (Å²) in [6.45, 7) is 0. The lowest BCUT2D eigenvalue weighted by Gasteiger charge is -1.94. The van der Waals surface area contributed by atoms with Gasteiger partial charge in [0.1, 0.15) is 0 Å². The highest BCUT2D eigenvalue weighted by Gasteiger charge is 2.01. The fraction of sp³-hybridized carbons (Fsp3) is 0. The van der Waals surface area contributed by atoms with Gasteiger partial charge in [0.25, 0.3) is 0 Å². The highest BCUT2D eigenvalue weighted by atomic mass is 16.7. The van der Waals surface area contributed by atoms with E-state index in [1.807, 2.05) is 6.07 Å². The van der Waals surface area contributed by atoms with Gasteiger partial charge in [-0.15, -0.1) is 0 Å². The summed E-state index contributed by atoms with van der Waals surface area (Å²) in [6.07, 6.45) is 0. The molecule has 0 atom stereocenters. The van der Waals surface area contributed by atoms with Gasteiger partial charge >= 0.3 is 5.97 Å². The molecule has 0 saturated heterocycles. The first kappa shape index (κ1) is 10.6. The van der Waals surface area contributed by atoms with E-state index in [-0.39, 0.29) is 0 Å². The fourth-order valence-electron chi connectivity index (χ4n) is 0.642. The maximum absolute atomic E-state index is 10.7. The Morgan fingerprint density at radius 2 is 1.75 bits per heavy atom. The zero-order chi connectivity index (χ0) is 9.40. The van der Waals surface area contributed by atoms with Gasteiger partial charge in [-0.25, -0.2) is 10.7 Å². The molecule has 0 heterocycles. The van der Waals surface area contributed by atoms with Crippen LogP contribution in [0.1, 0.15) is 10.4 Å². The van der Waals surface area contributed by atoms with Gasteiger partial charge in [0.05, 0.1) is 5.56 Å². The number of nitrogens with two attached hydrogens (primary N) is 2. The molecule has 0 aliphatic rings. The molecule has 0 aliphatic heterocycles. The monoisotopic (exact) mass is 170 g/mol. The standard InChI is InChI=1S/C7H7NO2.H3NO/c8-10-7(9)6-4-2-1-3-5-6;1-2/h1-5H,8H2;2H,1H2. The molecule has 0 fully saturated rings. The van der Waals surface area contributed by atoms with Gasteiger partial charge in [-0.2, -0.15) is 5.90 Å². The minimum Gasteiger partial charge on any atom is -0.370 e. The predicted molar refractivity (Wildman–Crippen MR) is 42.0 cm³/mol. The molecule has 0 aliphatic carbocycles. The molecule has 5 heteroatoms. The first-order chi connectivity index (χ1) is 5.84. The fourth-order valence-corrected chi connectivity index (χ4v) is 0.642. The van der Waals surface area contributed by atoms with Crippen LogP contribution in [0.2, 0.25) is 0 Å². The molecule has 1 aromatic rings. The molecule has 1 aromatic carbocycles. The smallest absolute Gasteiger partial charge is 0.356 e. The van der Waals surface area contributed by atoms with Crippen LogP contribution in [0, 0.1) is 0 Å². The lowest BCUT2D eigenvalue weighted by atomic mass is 10.2. The van der Waals surface area contributed by atoms with E-state index in [2.05, 4.69) is 16.6 Å². The third kappa shape index (κ3) is 3.11. The van der Waals surface area contributed by atoms with Crippen molar-refractivity contribution < 1.29 is 14.8 Å². The summed E-state index contributed by atoms with van der Waals surface area (Å²) in [5.74, 6) is 7.64. The Bertz CT molecular complexity index is 225. The van der Waals surface area contributed by atoms with Gasteiger partial charge in [-0.05, 0) is 12.1 Å². The minimum absolute atomic E-state index is 0.463. The molecular formula is C7H10N2O3. The molecule has 5 N–H and O–H groups in total. The molecule has 0 radical (unpaired) electrons. The number of carbonyl (C=O) groups is 1. The van der Waals surface area contributed by atoms with Crippen LogP contribution in [0.4, 0.5) is 0 Å². The lowest BCUT2D eigenvalue weighted by molar-refractivity contribution is 0.0503. The van der Waals surface area contributed by atoms with E-state index in [0.717, 1.165) is 0 Å². The second-order valence-corrected chi connectivity index (χ2v) is 1.77. The summed E-state index contributed by atoms with van der Waals surface area (Å²) in [7, 11) is 0. The Kier molecular flexibility index (Phi) is 5.54. The van der Waals surface area contributed by atoms with Gasteiger partial charge in [0.15, 0.2) is 0 Å². The quantitative estimate of drug-likeness (QED) is 0.517. The average Bonchev–Trinajstić information content (AvgIpc) is 2.21. The third-order valence-corrected chi connectivity index (χ3v) is 1.12. The van der Waals surface area contributed by atoms with Gasteiger partial charge in [-0.3, -0.25) is 0 Å². The van der Waals surface area contributed by atoms with Crippen molar-refractivity contribution in [1.29, 1.82) is 0 Å². The van der Waals surface area contributed by atoms with Crippen LogP contribution < -0.4 is 11.8 Å². The number of hydrogen-bond donors (Lipinski definition) is 3. The zero-order valence-corrected chi connectivity index (χ0v) is 6.31. The molecule has 66 valence electrons. The predicted octanol–water partition coefficient (Wildman–Crippen LogP) is 0.0514. The van der Waals surface area contributed by atoms with E-state index in [4.69, 9.17) is 5.21 Å². The number of benzene rings is 1. The van der Waals surface area contributed by atoms with Crippen molar-refractivity contribution in [1.82, 2.24) is 0 Å². The Balaban J connectivity index is 0.000000561. The van der Waals surface area contributed by atoms with Crippen molar-refractivity contribution in [2.24, 2.45) is 11.8 Å². The third-order valence-electron chi connectivity index (χ3n) is 1.12. The maximum atomic E-state index is 10.7. The molecular weight excluding hydrogens is 160 g/mol. The molecule has 12 heavy (non-hydrogen) atoms. The maximum Gasteiger partial charge on any atom is 0.356 e. The summed E-state index contributed by atoms with van der Waals surface area (Å²) >= 11 is 0. The largest absolute Gasteiger partial charge is 0.370 e. The summed E-state index contributed by atoms with van der Waals surface area (Å²) in [5, 5.41) is 6.50. The van der Waals surface area contributed by atoms with E-state index < -0.39 is 5.97 Å². The highest BCUT2D eigenvalue weighted by Crippen LogP contribution is 1.98. The van der Waals surface area contributed by atoms with Crippen LogP contribution in [0.25, 0.3) is 0 Å². The Hall–Kier alpha value is -1.43. The van der Waals surface area contributed by atoms with Crippen LogP contribution >= 0.6 is 0 Å². The molecule has 0 bridgehead atoms. The second kappa shape index (κ2) is 6.29. The summed E-state index contributed by atoms with van der Waals surface area (Å²) < 4.78 is 0. The first-order valence-corrected chi connectivity index (χ1v) is 3.06. The number of carbonyl (C=O) groups excluding carboxylic acids is 1. The number of hydrogen-bond acceptors (Lipinski definition) is 5. The number of rotatable bonds is 1. The molecule has 0 spiro atoms. The molecule has 5 nitrogen and oxygen atoms in total. The van der Waals surface area contributed by atoms with Crippen LogP contribution in [-0.2, 0) is 4.84 Å².